The molecule has 9 saturated carbocycles. The topological polar surface area (TPSA) is 55.4 Å². The van der Waals surface area contributed by atoms with Gasteiger partial charge in [0.05, 0.1) is 39.6 Å². The van der Waals surface area contributed by atoms with Gasteiger partial charge in [0, 0.05) is 98.2 Å². The lowest BCUT2D eigenvalue weighted by molar-refractivity contribution is -0.113. The number of hydrogen-bond donors (Lipinski definition) is 0. The van der Waals surface area contributed by atoms with E-state index < -0.39 is 0 Å². The second-order valence-corrected chi connectivity index (χ2v) is 34.8. The highest BCUT2D eigenvalue weighted by atomic mass is 16.5. The van der Waals surface area contributed by atoms with E-state index in [-0.39, 0.29) is 32.5 Å². The summed E-state index contributed by atoms with van der Waals surface area (Å²) in [4.78, 5) is 0. The normalized spacial score (nSPS) is 22.2. The van der Waals surface area contributed by atoms with Gasteiger partial charge in [0.1, 0.15) is 0 Å². The molecule has 0 aliphatic heterocycles. The molecule has 18 bridgehead atoms. The van der Waals surface area contributed by atoms with E-state index in [2.05, 4.69) is 222 Å². The van der Waals surface area contributed by atoms with Crippen LogP contribution in [0.2, 0.25) is 0 Å². The van der Waals surface area contributed by atoms with Crippen molar-refractivity contribution in [3.63, 3.8) is 0 Å². The molecule has 6 nitrogen and oxygen atoms in total. The van der Waals surface area contributed by atoms with Crippen LogP contribution in [0.15, 0.2) is 109 Å². The van der Waals surface area contributed by atoms with Gasteiger partial charge in [0.15, 0.2) is 34.5 Å². The zero-order valence-corrected chi connectivity index (χ0v) is 67.4. The first kappa shape index (κ1) is 75.7. The maximum atomic E-state index is 6.93. The van der Waals surface area contributed by atoms with Crippen LogP contribution >= 0.6 is 0 Å². The molecule has 570 valence electrons. The Balaban J connectivity index is 0.787. The maximum Gasteiger partial charge on any atom is 0.169 e. The summed E-state index contributed by atoms with van der Waals surface area (Å²) < 4.78 is 41.6. The van der Waals surface area contributed by atoms with E-state index in [4.69, 9.17) is 28.4 Å². The SMILES string of the molecule is CCCCCCOc1c(OCCCCCC)c2ccc3cc2c2cc(ccc12)C#CC12CC(C#Cc4ccc5c(OCCCCCC)c(OCCCCCC)c6ccc(cc6c5c4)C#CC45CC(C#Cc6ccc7c(OCCCCCC)c(OCCCCCC)c8ccc(cc8c7c6)C#CC67CC(C#C3)(C6)C7)(C4)C5)(C1)C2. The van der Waals surface area contributed by atoms with E-state index in [0.717, 1.165) is 267 Å². The molecule has 111 heavy (non-hydrogen) atoms. The Labute approximate surface area is 662 Å². The van der Waals surface area contributed by atoms with Crippen LogP contribution in [0.4, 0.5) is 0 Å². The van der Waals surface area contributed by atoms with Crippen molar-refractivity contribution < 1.29 is 28.4 Å². The average molecular weight is 1470 g/mol. The lowest BCUT2D eigenvalue weighted by Crippen LogP contribution is -2.60. The van der Waals surface area contributed by atoms with Gasteiger partial charge in [0.2, 0.25) is 0 Å². The van der Waals surface area contributed by atoms with Gasteiger partial charge in [-0.15, -0.1) is 0 Å². The summed E-state index contributed by atoms with van der Waals surface area (Å²) in [7, 11) is 0. The molecule has 0 saturated heterocycles. The molecule has 0 N–H and O–H groups in total. The second kappa shape index (κ2) is 33.2. The van der Waals surface area contributed by atoms with Crippen LogP contribution in [-0.2, 0) is 0 Å². The molecule has 9 fully saturated rings. The largest absolute Gasteiger partial charge is 0.489 e. The minimum Gasteiger partial charge on any atom is -0.489 e. The number of hydrogen-bond acceptors (Lipinski definition) is 6. The Kier molecular flexibility index (Phi) is 22.6. The van der Waals surface area contributed by atoms with Gasteiger partial charge in [-0.3, -0.25) is 0 Å². The second-order valence-electron chi connectivity index (χ2n) is 34.8. The third-order valence-corrected chi connectivity index (χ3v) is 25.5. The first-order chi connectivity index (χ1) is 54.4. The van der Waals surface area contributed by atoms with Crippen molar-refractivity contribution in [2.75, 3.05) is 39.6 Å². The molecule has 6 heteroatoms. The zero-order chi connectivity index (χ0) is 75.9. The van der Waals surface area contributed by atoms with E-state index in [0.29, 0.717) is 39.6 Å². The Morgan fingerprint density at radius 1 is 0.198 bits per heavy atom. The summed E-state index contributed by atoms with van der Waals surface area (Å²) in [5.74, 6) is 50.7. The number of benzene rings is 9. The van der Waals surface area contributed by atoms with Gasteiger partial charge in [0.25, 0.3) is 0 Å². The first-order valence-corrected chi connectivity index (χ1v) is 43.5. The van der Waals surface area contributed by atoms with Gasteiger partial charge in [-0.05, 0) is 238 Å². The fraction of sp³-hybridized carbons (Fsp3) is 0.486. The highest BCUT2D eigenvalue weighted by molar-refractivity contribution is 6.17. The molecule has 16 aliphatic rings. The van der Waals surface area contributed by atoms with Crippen LogP contribution in [0, 0.1) is 104 Å². The van der Waals surface area contributed by atoms with E-state index in [1.165, 1.54) is 77.0 Å². The summed E-state index contributed by atoms with van der Waals surface area (Å²) in [5.41, 5.74) is 5.86. The van der Waals surface area contributed by atoms with Crippen molar-refractivity contribution in [1.29, 1.82) is 0 Å². The standard InChI is InChI=1S/C105H114O6/c1-7-13-19-25-55-106-94-82-37-31-76-43-49-100-67-102(68-100,69-100)51-45-78-33-39-84-90(63-78)92-65-80(35-41-86(92)98(110-59-29-23-17-11-5)96(84)108-57-27-21-15-9-3)47-53-104-73-105(74-104,75-104)54-48-81-36-42-87-93(66-81)91-64-79(34-40-85(91)97(109-58-28-22-16-10-4)99(87)111-60-30-24-18-12-6)46-52-103-70-101(71-103,72-103)50-44-77-32-38-83(89(62-77)88(82)61-76)95(94)107-56-26-20-14-8-2/h31-42,61-66H,7-30,55-60,67-75H2,1-6H3. The predicted molar refractivity (Wildman–Crippen MR) is 460 cm³/mol. The molecule has 25 rings (SSSR count). The molecule has 0 heterocycles. The van der Waals surface area contributed by atoms with Crippen LogP contribution in [-0.4, -0.2) is 39.6 Å². The van der Waals surface area contributed by atoms with Crippen LogP contribution in [0.5, 0.6) is 34.5 Å². The molecule has 0 unspecified atom stereocenters. The van der Waals surface area contributed by atoms with Crippen molar-refractivity contribution in [2.24, 2.45) is 32.5 Å². The Hall–Kier alpha value is -9.30. The highest BCUT2D eigenvalue weighted by Gasteiger charge is 2.68. The molecule has 0 atom stereocenters. The van der Waals surface area contributed by atoms with Gasteiger partial charge in [-0.1, -0.05) is 228 Å². The Morgan fingerprint density at radius 3 is 0.495 bits per heavy atom. The lowest BCUT2D eigenvalue weighted by Gasteiger charge is -2.65. The Bertz CT molecular complexity index is 4520. The summed E-state index contributed by atoms with van der Waals surface area (Å²) in [6.45, 7) is 17.4. The van der Waals surface area contributed by atoms with Crippen molar-refractivity contribution >= 4 is 64.6 Å². The Morgan fingerprint density at radius 2 is 0.351 bits per heavy atom. The first-order valence-electron chi connectivity index (χ1n) is 43.5. The van der Waals surface area contributed by atoms with Crippen molar-refractivity contribution in [2.45, 2.75) is 253 Å². The fourth-order valence-corrected chi connectivity index (χ4v) is 19.5. The van der Waals surface area contributed by atoms with Crippen molar-refractivity contribution in [1.82, 2.24) is 0 Å². The smallest absolute Gasteiger partial charge is 0.169 e. The van der Waals surface area contributed by atoms with Crippen LogP contribution in [0.3, 0.4) is 0 Å². The molecule has 9 aromatic rings. The molecule has 0 aromatic heterocycles. The predicted octanol–water partition coefficient (Wildman–Crippen LogP) is 26.4. The highest BCUT2D eigenvalue weighted by Crippen LogP contribution is 2.74. The monoisotopic (exact) mass is 1470 g/mol. The molecular weight excluding hydrogens is 1360 g/mol. The third-order valence-electron chi connectivity index (χ3n) is 25.5. The third kappa shape index (κ3) is 15.9. The minimum atomic E-state index is -0.0344. The van der Waals surface area contributed by atoms with Gasteiger partial charge in [-0.2, -0.15) is 0 Å². The summed E-state index contributed by atoms with van der Waals surface area (Å²) in [5, 5.41) is 13.1. The van der Waals surface area contributed by atoms with Crippen LogP contribution in [0.25, 0.3) is 64.6 Å². The lowest BCUT2D eigenvalue weighted by atomic mass is 9.36. The zero-order valence-electron chi connectivity index (χ0n) is 67.4. The van der Waals surface area contributed by atoms with E-state index in [1.54, 1.807) is 0 Å². The quantitative estimate of drug-likeness (QED) is 0.0222. The van der Waals surface area contributed by atoms with E-state index in [9.17, 15) is 0 Å². The fourth-order valence-electron chi connectivity index (χ4n) is 19.5. The molecule has 9 aromatic carbocycles. The van der Waals surface area contributed by atoms with Crippen molar-refractivity contribution in [3.8, 4) is 106 Å². The summed E-state index contributed by atoms with van der Waals surface area (Å²) >= 11 is 0. The van der Waals surface area contributed by atoms with Gasteiger partial charge < -0.3 is 28.4 Å². The van der Waals surface area contributed by atoms with Crippen LogP contribution < -0.4 is 28.4 Å². The number of rotatable bonds is 36. The van der Waals surface area contributed by atoms with E-state index in [1.807, 2.05) is 0 Å². The molecule has 16 aliphatic carbocycles. The minimum absolute atomic E-state index is 0.0344. The number of ether oxygens (including phenoxy) is 6. The summed E-state index contributed by atoms with van der Waals surface area (Å²) in [6.07, 6.45) is 35.9. The maximum absolute atomic E-state index is 6.93. The van der Waals surface area contributed by atoms with Crippen molar-refractivity contribution in [3.05, 3.63) is 143 Å². The van der Waals surface area contributed by atoms with Gasteiger partial charge >= 0.3 is 0 Å². The summed E-state index contributed by atoms with van der Waals surface area (Å²) in [6, 6.07) is 40.5. The van der Waals surface area contributed by atoms with E-state index >= 15 is 0 Å². The molecular formula is C105H114O6. The van der Waals surface area contributed by atoms with Crippen LogP contribution in [0.1, 0.15) is 287 Å². The average Bonchev–Trinajstić information content (AvgIpc) is 0.692. The number of unbranched alkanes of at least 4 members (excludes halogenated alkanes) is 18. The molecule has 0 spiro atoms. The molecule has 0 radical (unpaired) electrons. The molecule has 0 amide bonds. The van der Waals surface area contributed by atoms with Gasteiger partial charge in [-0.25, -0.2) is 0 Å².